The minimum atomic E-state index is 0.664. The number of hydrogen-bond donors (Lipinski definition) is 0. The van der Waals surface area contributed by atoms with Gasteiger partial charge in [-0.2, -0.15) is 23.5 Å². The molecule has 0 atom stereocenters. The highest BCUT2D eigenvalue weighted by Gasteiger charge is 2.11. The maximum Gasteiger partial charge on any atom is 0.123 e. The molecular formula is C14H20Cl2O2S2. The van der Waals surface area contributed by atoms with Crippen molar-refractivity contribution in [3.8, 4) is 11.5 Å². The molecule has 0 saturated heterocycles. The monoisotopic (exact) mass is 354 g/mol. The molecule has 6 heteroatoms. The Kier molecular flexibility index (Phi) is 9.78. The Morgan fingerprint density at radius 1 is 0.850 bits per heavy atom. The zero-order valence-electron chi connectivity index (χ0n) is 11.8. The summed E-state index contributed by atoms with van der Waals surface area (Å²) in [6.45, 7) is 0. The van der Waals surface area contributed by atoms with E-state index in [9.17, 15) is 0 Å². The van der Waals surface area contributed by atoms with Gasteiger partial charge in [-0.3, -0.25) is 0 Å². The van der Waals surface area contributed by atoms with Crippen molar-refractivity contribution in [3.63, 3.8) is 0 Å². The maximum absolute atomic E-state index is 5.71. The van der Waals surface area contributed by atoms with E-state index < -0.39 is 0 Å². The molecule has 0 fully saturated rings. The lowest BCUT2D eigenvalue weighted by Crippen LogP contribution is -1.98. The molecule has 0 bridgehead atoms. The van der Waals surface area contributed by atoms with Gasteiger partial charge in [0.05, 0.1) is 14.2 Å². The number of ether oxygens (including phenoxy) is 2. The third kappa shape index (κ3) is 5.84. The minimum absolute atomic E-state index is 0.664. The molecule has 0 heterocycles. The van der Waals surface area contributed by atoms with E-state index in [2.05, 4.69) is 12.1 Å². The van der Waals surface area contributed by atoms with Crippen molar-refractivity contribution in [3.05, 3.63) is 23.3 Å². The standard InChI is InChI=1S/C14H20Cl2O2S2/c1-17-13-7-12(10-20-6-4-16)14(18-2)8-11(13)9-19-5-3-15/h7-8H,3-6,9-10H2,1-2H3. The van der Waals surface area contributed by atoms with Gasteiger partial charge < -0.3 is 9.47 Å². The molecule has 0 amide bonds. The Hall–Kier alpha value is 0.1000. The van der Waals surface area contributed by atoms with Crippen molar-refractivity contribution in [2.24, 2.45) is 0 Å². The molecule has 0 N–H and O–H groups in total. The van der Waals surface area contributed by atoms with Gasteiger partial charge in [-0.15, -0.1) is 23.2 Å². The topological polar surface area (TPSA) is 18.5 Å². The second-order valence-corrected chi connectivity index (χ2v) is 6.93. The fraction of sp³-hybridized carbons (Fsp3) is 0.571. The van der Waals surface area contributed by atoms with Crippen LogP contribution < -0.4 is 9.47 Å². The number of methoxy groups -OCH3 is 2. The normalized spacial score (nSPS) is 10.6. The molecule has 0 aliphatic heterocycles. The summed E-state index contributed by atoms with van der Waals surface area (Å²) in [4.78, 5) is 0. The molecule has 0 aliphatic carbocycles. The van der Waals surface area contributed by atoms with Crippen LogP contribution >= 0.6 is 46.7 Å². The SMILES string of the molecule is COc1cc(CSCCCl)c(OC)cc1CSCCCl. The summed E-state index contributed by atoms with van der Waals surface area (Å²) in [5.41, 5.74) is 2.29. The second kappa shape index (κ2) is 10.8. The van der Waals surface area contributed by atoms with E-state index in [4.69, 9.17) is 32.7 Å². The summed E-state index contributed by atoms with van der Waals surface area (Å²) in [6.07, 6.45) is 0. The van der Waals surface area contributed by atoms with Crippen LogP contribution in [-0.4, -0.2) is 37.5 Å². The zero-order chi connectivity index (χ0) is 14.8. The first-order chi connectivity index (χ1) is 9.76. The first-order valence-corrected chi connectivity index (χ1v) is 9.65. The lowest BCUT2D eigenvalue weighted by atomic mass is 10.1. The van der Waals surface area contributed by atoms with Crippen molar-refractivity contribution < 1.29 is 9.47 Å². The predicted octanol–water partition coefficient (Wildman–Crippen LogP) is 4.65. The molecule has 1 aromatic carbocycles. The van der Waals surface area contributed by atoms with Gasteiger partial charge in [0.1, 0.15) is 11.5 Å². The summed E-state index contributed by atoms with van der Waals surface area (Å²) < 4.78 is 11.0. The summed E-state index contributed by atoms with van der Waals surface area (Å²) in [7, 11) is 3.40. The number of benzene rings is 1. The lowest BCUT2D eigenvalue weighted by Gasteiger charge is -2.14. The van der Waals surface area contributed by atoms with Gasteiger partial charge in [0.15, 0.2) is 0 Å². The number of halogens is 2. The average Bonchev–Trinajstić information content (AvgIpc) is 2.48. The lowest BCUT2D eigenvalue weighted by molar-refractivity contribution is 0.397. The molecule has 114 valence electrons. The molecular weight excluding hydrogens is 335 g/mol. The third-order valence-corrected chi connectivity index (χ3v) is 5.48. The number of alkyl halides is 2. The molecule has 0 unspecified atom stereocenters. The van der Waals surface area contributed by atoms with Gasteiger partial charge >= 0.3 is 0 Å². The molecule has 20 heavy (non-hydrogen) atoms. The van der Waals surface area contributed by atoms with E-state index in [1.807, 2.05) is 0 Å². The van der Waals surface area contributed by atoms with Crippen LogP contribution in [0.3, 0.4) is 0 Å². The van der Waals surface area contributed by atoms with Crippen LogP contribution in [0.5, 0.6) is 11.5 Å². The number of hydrogen-bond acceptors (Lipinski definition) is 4. The van der Waals surface area contributed by atoms with Crippen LogP contribution in [0.15, 0.2) is 12.1 Å². The Morgan fingerprint density at radius 3 is 1.55 bits per heavy atom. The van der Waals surface area contributed by atoms with Crippen LogP contribution in [0.4, 0.5) is 0 Å². The van der Waals surface area contributed by atoms with Crippen molar-refractivity contribution in [2.45, 2.75) is 11.5 Å². The highest BCUT2D eigenvalue weighted by atomic mass is 35.5. The third-order valence-electron chi connectivity index (χ3n) is 2.64. The minimum Gasteiger partial charge on any atom is -0.496 e. The van der Waals surface area contributed by atoms with Gasteiger partial charge in [-0.05, 0) is 12.1 Å². The van der Waals surface area contributed by atoms with E-state index in [1.165, 1.54) is 0 Å². The van der Waals surface area contributed by atoms with E-state index in [-0.39, 0.29) is 0 Å². The van der Waals surface area contributed by atoms with Crippen molar-refractivity contribution in [1.82, 2.24) is 0 Å². The van der Waals surface area contributed by atoms with Crippen molar-refractivity contribution >= 4 is 46.7 Å². The molecule has 1 aromatic rings. The maximum atomic E-state index is 5.71. The predicted molar refractivity (Wildman–Crippen MR) is 93.3 cm³/mol. The Bertz CT molecular complexity index is 365. The molecule has 2 nitrogen and oxygen atoms in total. The molecule has 0 spiro atoms. The van der Waals surface area contributed by atoms with E-state index >= 15 is 0 Å². The van der Waals surface area contributed by atoms with Crippen molar-refractivity contribution in [1.29, 1.82) is 0 Å². The number of thioether (sulfide) groups is 2. The molecule has 1 rings (SSSR count). The van der Waals surface area contributed by atoms with Crippen LogP contribution in [0.2, 0.25) is 0 Å². The van der Waals surface area contributed by atoms with Gasteiger partial charge in [0, 0.05) is 45.9 Å². The van der Waals surface area contributed by atoms with E-state index in [1.54, 1.807) is 37.7 Å². The van der Waals surface area contributed by atoms with E-state index in [0.29, 0.717) is 11.8 Å². The smallest absolute Gasteiger partial charge is 0.123 e. The van der Waals surface area contributed by atoms with Crippen LogP contribution in [-0.2, 0) is 11.5 Å². The highest BCUT2D eigenvalue weighted by Crippen LogP contribution is 2.33. The molecule has 0 saturated carbocycles. The highest BCUT2D eigenvalue weighted by molar-refractivity contribution is 7.98. The molecule has 0 aromatic heterocycles. The van der Waals surface area contributed by atoms with Crippen LogP contribution in [0.25, 0.3) is 0 Å². The van der Waals surface area contributed by atoms with E-state index in [0.717, 1.165) is 45.6 Å². The Morgan fingerprint density at radius 2 is 1.25 bits per heavy atom. The first kappa shape index (κ1) is 18.1. The fourth-order valence-corrected chi connectivity index (χ4v) is 3.78. The Balaban J connectivity index is 2.85. The van der Waals surface area contributed by atoms with Gasteiger partial charge in [-0.25, -0.2) is 0 Å². The van der Waals surface area contributed by atoms with Crippen molar-refractivity contribution in [2.75, 3.05) is 37.5 Å². The zero-order valence-corrected chi connectivity index (χ0v) is 14.9. The van der Waals surface area contributed by atoms with Gasteiger partial charge in [0.2, 0.25) is 0 Å². The second-order valence-electron chi connectivity index (χ2n) is 3.96. The number of rotatable bonds is 10. The molecule has 0 radical (unpaired) electrons. The quantitative estimate of drug-likeness (QED) is 0.449. The van der Waals surface area contributed by atoms with Crippen LogP contribution in [0, 0.1) is 0 Å². The summed E-state index contributed by atoms with van der Waals surface area (Å²) in [5.74, 6) is 6.77. The Labute approximate surface area is 139 Å². The average molecular weight is 355 g/mol. The summed E-state index contributed by atoms with van der Waals surface area (Å²) in [5, 5.41) is 0. The largest absolute Gasteiger partial charge is 0.496 e. The van der Waals surface area contributed by atoms with Crippen LogP contribution in [0.1, 0.15) is 11.1 Å². The molecule has 0 aliphatic rings. The summed E-state index contributed by atoms with van der Waals surface area (Å²) >= 11 is 15.0. The fourth-order valence-electron chi connectivity index (χ4n) is 1.72. The van der Waals surface area contributed by atoms with Gasteiger partial charge in [0.25, 0.3) is 0 Å². The summed E-state index contributed by atoms with van der Waals surface area (Å²) in [6, 6.07) is 4.13. The first-order valence-electron chi connectivity index (χ1n) is 6.28. The van der Waals surface area contributed by atoms with Gasteiger partial charge in [-0.1, -0.05) is 0 Å².